The van der Waals surface area contributed by atoms with Crippen LogP contribution in [0.25, 0.3) is 0 Å². The van der Waals surface area contributed by atoms with Gasteiger partial charge in [0, 0.05) is 5.92 Å². The molecule has 0 aliphatic heterocycles. The minimum Gasteiger partial charge on any atom is -0.481 e. The topological polar surface area (TPSA) is 91.7 Å². The molecule has 14 heavy (non-hydrogen) atoms. The monoisotopic (exact) mass is 200 g/mol. The van der Waals surface area contributed by atoms with Crippen LogP contribution in [-0.4, -0.2) is 27.9 Å². The molecule has 1 saturated carbocycles. The summed E-state index contributed by atoms with van der Waals surface area (Å²) in [5.74, 6) is -4.42. The molecule has 0 aromatic heterocycles. The Labute approximate surface area is 80.7 Å². The fourth-order valence-corrected chi connectivity index (χ4v) is 2.02. The Morgan fingerprint density at radius 1 is 1.36 bits per heavy atom. The van der Waals surface area contributed by atoms with Gasteiger partial charge in [-0.25, -0.2) is 0 Å². The minimum absolute atomic E-state index is 0.282. The maximum atomic E-state index is 11.3. The molecule has 1 fully saturated rings. The maximum Gasteiger partial charge on any atom is 0.314 e. The first-order valence-corrected chi connectivity index (χ1v) is 4.26. The molecule has 1 rings (SSSR count). The predicted molar refractivity (Wildman–Crippen MR) is 45.7 cm³/mol. The van der Waals surface area contributed by atoms with E-state index in [1.807, 2.05) is 0 Å². The molecule has 0 radical (unpaired) electrons. The largest absolute Gasteiger partial charge is 0.481 e. The fraction of sp³-hybridized carbons (Fsp3) is 0.667. The Morgan fingerprint density at radius 3 is 2.14 bits per heavy atom. The highest BCUT2D eigenvalue weighted by molar-refractivity contribution is 6.07. The van der Waals surface area contributed by atoms with Crippen LogP contribution in [0.1, 0.15) is 20.3 Å². The van der Waals surface area contributed by atoms with Gasteiger partial charge < -0.3 is 10.2 Å². The van der Waals surface area contributed by atoms with E-state index in [9.17, 15) is 14.4 Å². The molecule has 0 heterocycles. The number of rotatable bonds is 3. The van der Waals surface area contributed by atoms with E-state index in [2.05, 4.69) is 0 Å². The zero-order valence-electron chi connectivity index (χ0n) is 7.98. The van der Waals surface area contributed by atoms with E-state index in [1.54, 1.807) is 13.8 Å². The quantitative estimate of drug-likeness (QED) is 0.643. The molecule has 0 amide bonds. The van der Waals surface area contributed by atoms with Gasteiger partial charge in [-0.2, -0.15) is 0 Å². The summed E-state index contributed by atoms with van der Waals surface area (Å²) in [4.78, 5) is 32.4. The van der Waals surface area contributed by atoms with E-state index >= 15 is 0 Å². The number of hydrogen-bond acceptors (Lipinski definition) is 3. The minimum atomic E-state index is -1.17. The van der Waals surface area contributed by atoms with Gasteiger partial charge >= 0.3 is 11.9 Å². The van der Waals surface area contributed by atoms with Gasteiger partial charge in [-0.15, -0.1) is 0 Å². The summed E-state index contributed by atoms with van der Waals surface area (Å²) >= 11 is 0. The Balaban J connectivity index is 2.81. The molecule has 0 aromatic carbocycles. The SMILES string of the molecule is CC1(C)C(CC(=O)O)C(=O)C1C(=O)O. The molecular weight excluding hydrogens is 188 g/mol. The Kier molecular flexibility index (Phi) is 2.35. The normalized spacial score (nSPS) is 29.4. The Bertz CT molecular complexity index is 304. The van der Waals surface area contributed by atoms with Gasteiger partial charge in [-0.05, 0) is 5.41 Å². The molecule has 5 nitrogen and oxygen atoms in total. The number of aliphatic carboxylic acids is 2. The summed E-state index contributed by atoms with van der Waals surface area (Å²) in [6.07, 6.45) is -0.282. The van der Waals surface area contributed by atoms with Gasteiger partial charge in [-0.3, -0.25) is 14.4 Å². The van der Waals surface area contributed by atoms with Crippen LogP contribution in [-0.2, 0) is 14.4 Å². The van der Waals surface area contributed by atoms with Crippen LogP contribution in [0.3, 0.4) is 0 Å². The maximum absolute atomic E-state index is 11.3. The van der Waals surface area contributed by atoms with Crippen LogP contribution in [0.15, 0.2) is 0 Å². The van der Waals surface area contributed by atoms with Crippen LogP contribution in [0, 0.1) is 17.3 Å². The van der Waals surface area contributed by atoms with Gasteiger partial charge in [0.15, 0.2) is 5.78 Å². The summed E-state index contributed by atoms with van der Waals surface area (Å²) in [7, 11) is 0. The number of carbonyl (C=O) groups is 3. The average molecular weight is 200 g/mol. The van der Waals surface area contributed by atoms with Gasteiger partial charge in [0.25, 0.3) is 0 Å². The highest BCUT2D eigenvalue weighted by Crippen LogP contribution is 2.49. The van der Waals surface area contributed by atoms with E-state index < -0.39 is 35.0 Å². The van der Waals surface area contributed by atoms with Crippen molar-refractivity contribution in [2.24, 2.45) is 17.3 Å². The Hall–Kier alpha value is -1.39. The van der Waals surface area contributed by atoms with Crippen LogP contribution in [0.4, 0.5) is 0 Å². The summed E-state index contributed by atoms with van der Waals surface area (Å²) < 4.78 is 0. The van der Waals surface area contributed by atoms with Crippen molar-refractivity contribution >= 4 is 17.7 Å². The van der Waals surface area contributed by atoms with Crippen LogP contribution < -0.4 is 0 Å². The molecule has 0 spiro atoms. The lowest BCUT2D eigenvalue weighted by Gasteiger charge is -2.47. The van der Waals surface area contributed by atoms with Crippen molar-refractivity contribution in [1.82, 2.24) is 0 Å². The standard InChI is InChI=1S/C9H12O5/c1-9(2)4(3-5(10)11)7(12)6(9)8(13)14/h4,6H,3H2,1-2H3,(H,10,11)(H,13,14). The molecular formula is C9H12O5. The molecule has 5 heteroatoms. The summed E-state index contributed by atoms with van der Waals surface area (Å²) in [5, 5.41) is 17.2. The van der Waals surface area contributed by atoms with Crippen molar-refractivity contribution in [3.05, 3.63) is 0 Å². The second-order valence-corrected chi connectivity index (χ2v) is 4.15. The third kappa shape index (κ3) is 1.38. The van der Waals surface area contributed by atoms with Gasteiger partial charge in [0.05, 0.1) is 6.42 Å². The van der Waals surface area contributed by atoms with Gasteiger partial charge in [0.2, 0.25) is 0 Å². The van der Waals surface area contributed by atoms with Crippen molar-refractivity contribution in [3.63, 3.8) is 0 Å². The van der Waals surface area contributed by atoms with E-state index in [-0.39, 0.29) is 6.42 Å². The van der Waals surface area contributed by atoms with Crippen molar-refractivity contribution in [1.29, 1.82) is 0 Å². The van der Waals surface area contributed by atoms with Crippen LogP contribution >= 0.6 is 0 Å². The lowest BCUT2D eigenvalue weighted by molar-refractivity contribution is -0.172. The first kappa shape index (κ1) is 10.7. The summed E-state index contributed by atoms with van der Waals surface area (Å²) in [5.41, 5.74) is -0.749. The second kappa shape index (κ2) is 3.08. The zero-order valence-corrected chi connectivity index (χ0v) is 7.98. The third-order valence-electron chi connectivity index (χ3n) is 2.90. The van der Waals surface area contributed by atoms with Gasteiger partial charge in [0.1, 0.15) is 5.92 Å². The van der Waals surface area contributed by atoms with E-state index in [0.717, 1.165) is 0 Å². The fourth-order valence-electron chi connectivity index (χ4n) is 2.02. The molecule has 0 aromatic rings. The molecule has 2 N–H and O–H groups in total. The first-order valence-electron chi connectivity index (χ1n) is 4.26. The van der Waals surface area contributed by atoms with Crippen molar-refractivity contribution in [2.45, 2.75) is 20.3 Å². The second-order valence-electron chi connectivity index (χ2n) is 4.15. The predicted octanol–water partition coefficient (Wildman–Crippen LogP) is 0.387. The molecule has 1 aliphatic carbocycles. The lowest BCUT2D eigenvalue weighted by Crippen LogP contribution is -2.58. The molecule has 2 atom stereocenters. The number of Topliss-reactive ketones (excluding diaryl/α,β-unsaturated/α-hetero) is 1. The first-order chi connectivity index (χ1) is 6.28. The number of carboxylic acids is 2. The average Bonchev–Trinajstić information content (AvgIpc) is 1.98. The van der Waals surface area contributed by atoms with Crippen LogP contribution in [0.5, 0.6) is 0 Å². The molecule has 0 bridgehead atoms. The third-order valence-corrected chi connectivity index (χ3v) is 2.90. The molecule has 2 unspecified atom stereocenters. The number of carbonyl (C=O) groups excluding carboxylic acids is 1. The zero-order chi connectivity index (χ0) is 11.1. The molecule has 0 saturated heterocycles. The summed E-state index contributed by atoms with van der Waals surface area (Å²) in [6, 6.07) is 0. The van der Waals surface area contributed by atoms with Crippen molar-refractivity contribution in [3.8, 4) is 0 Å². The Morgan fingerprint density at radius 2 is 1.86 bits per heavy atom. The van der Waals surface area contributed by atoms with E-state index in [1.165, 1.54) is 0 Å². The summed E-state index contributed by atoms with van der Waals surface area (Å²) in [6.45, 7) is 3.22. The smallest absolute Gasteiger partial charge is 0.314 e. The van der Waals surface area contributed by atoms with Gasteiger partial charge in [-0.1, -0.05) is 13.8 Å². The number of ketones is 1. The molecule has 1 aliphatic rings. The van der Waals surface area contributed by atoms with E-state index in [0.29, 0.717) is 0 Å². The number of carboxylic acid groups (broad SMARTS) is 2. The van der Waals surface area contributed by atoms with Crippen LogP contribution in [0.2, 0.25) is 0 Å². The lowest BCUT2D eigenvalue weighted by atomic mass is 9.53. The highest BCUT2D eigenvalue weighted by atomic mass is 16.4. The molecule has 78 valence electrons. The van der Waals surface area contributed by atoms with Crippen molar-refractivity contribution in [2.75, 3.05) is 0 Å². The number of hydrogen-bond donors (Lipinski definition) is 2. The van der Waals surface area contributed by atoms with Crippen molar-refractivity contribution < 1.29 is 24.6 Å². The van der Waals surface area contributed by atoms with E-state index in [4.69, 9.17) is 10.2 Å². The highest BCUT2D eigenvalue weighted by Gasteiger charge is 2.59.